The van der Waals surface area contributed by atoms with Crippen LogP contribution >= 0.6 is 0 Å². The average molecular weight is 218 g/mol. The van der Waals surface area contributed by atoms with E-state index in [0.717, 1.165) is 38.4 Å². The summed E-state index contributed by atoms with van der Waals surface area (Å²) in [6.45, 7) is 8.98. The Kier molecular flexibility index (Phi) is 3.41. The summed E-state index contributed by atoms with van der Waals surface area (Å²) in [7, 11) is 0. The van der Waals surface area contributed by atoms with Crippen LogP contribution in [0.1, 0.15) is 0 Å². The van der Waals surface area contributed by atoms with E-state index < -0.39 is 0 Å². The van der Waals surface area contributed by atoms with Crippen molar-refractivity contribution in [3.63, 3.8) is 0 Å². The third kappa shape index (κ3) is 2.52. The SMILES string of the molecule is C=CCN1CCN(c2ccc(N)nc2)CC1. The second-order valence-corrected chi connectivity index (χ2v) is 4.02. The van der Waals surface area contributed by atoms with Gasteiger partial charge in [0.05, 0.1) is 11.9 Å². The standard InChI is InChI=1S/C12H18N4/c1-2-5-15-6-8-16(9-7-15)11-3-4-12(13)14-10-11/h2-4,10H,1,5-9H2,(H2,13,14). The highest BCUT2D eigenvalue weighted by Crippen LogP contribution is 2.15. The summed E-state index contributed by atoms with van der Waals surface area (Å²) in [5.74, 6) is 0.578. The first-order valence-electron chi connectivity index (χ1n) is 5.59. The van der Waals surface area contributed by atoms with Gasteiger partial charge in [-0.1, -0.05) is 6.08 Å². The summed E-state index contributed by atoms with van der Waals surface area (Å²) in [6.07, 6.45) is 3.80. The molecule has 0 bridgehead atoms. The van der Waals surface area contributed by atoms with E-state index in [1.54, 1.807) is 0 Å². The van der Waals surface area contributed by atoms with Gasteiger partial charge in [0.25, 0.3) is 0 Å². The molecule has 16 heavy (non-hydrogen) atoms. The maximum Gasteiger partial charge on any atom is 0.123 e. The van der Waals surface area contributed by atoms with Gasteiger partial charge in [-0.05, 0) is 12.1 Å². The zero-order valence-electron chi connectivity index (χ0n) is 9.47. The monoisotopic (exact) mass is 218 g/mol. The number of hydrogen-bond acceptors (Lipinski definition) is 4. The van der Waals surface area contributed by atoms with Crippen LogP contribution in [0, 0.1) is 0 Å². The molecule has 1 aromatic rings. The lowest BCUT2D eigenvalue weighted by Gasteiger charge is -2.35. The Balaban J connectivity index is 1.93. The van der Waals surface area contributed by atoms with Crippen molar-refractivity contribution < 1.29 is 0 Å². The minimum absolute atomic E-state index is 0.578. The fraction of sp³-hybridized carbons (Fsp3) is 0.417. The average Bonchev–Trinajstić information content (AvgIpc) is 2.32. The summed E-state index contributed by atoms with van der Waals surface area (Å²) >= 11 is 0. The van der Waals surface area contributed by atoms with Crippen molar-refractivity contribution in [3.8, 4) is 0 Å². The summed E-state index contributed by atoms with van der Waals surface area (Å²) < 4.78 is 0. The first-order chi connectivity index (χ1) is 7.79. The molecule has 0 atom stereocenters. The van der Waals surface area contributed by atoms with Gasteiger partial charge in [0, 0.05) is 32.7 Å². The molecule has 2 N–H and O–H groups in total. The van der Waals surface area contributed by atoms with E-state index in [2.05, 4.69) is 21.4 Å². The lowest BCUT2D eigenvalue weighted by Crippen LogP contribution is -2.46. The summed E-state index contributed by atoms with van der Waals surface area (Å²) in [4.78, 5) is 8.85. The molecule has 2 heterocycles. The van der Waals surface area contributed by atoms with Crippen LogP contribution in [-0.4, -0.2) is 42.6 Å². The van der Waals surface area contributed by atoms with E-state index in [4.69, 9.17) is 5.73 Å². The second-order valence-electron chi connectivity index (χ2n) is 4.02. The molecule has 1 aromatic heterocycles. The van der Waals surface area contributed by atoms with Gasteiger partial charge in [0.1, 0.15) is 5.82 Å². The van der Waals surface area contributed by atoms with Crippen LogP contribution in [0.15, 0.2) is 31.0 Å². The number of rotatable bonds is 3. The predicted octanol–water partition coefficient (Wildman–Crippen LogP) is 0.972. The van der Waals surface area contributed by atoms with Crippen molar-refractivity contribution in [2.24, 2.45) is 0 Å². The Labute approximate surface area is 96.4 Å². The van der Waals surface area contributed by atoms with Crippen molar-refractivity contribution in [3.05, 3.63) is 31.0 Å². The predicted molar refractivity (Wildman–Crippen MR) is 67.5 cm³/mol. The van der Waals surface area contributed by atoms with E-state index in [0.29, 0.717) is 5.82 Å². The number of nitrogen functional groups attached to an aromatic ring is 1. The Hall–Kier alpha value is -1.55. The molecule has 1 aliphatic rings. The molecular formula is C12H18N4. The highest BCUT2D eigenvalue weighted by atomic mass is 15.3. The Morgan fingerprint density at radius 3 is 2.62 bits per heavy atom. The fourth-order valence-electron chi connectivity index (χ4n) is 1.96. The summed E-state index contributed by atoms with van der Waals surface area (Å²) in [5, 5.41) is 0. The van der Waals surface area contributed by atoms with Crippen molar-refractivity contribution in [1.82, 2.24) is 9.88 Å². The molecule has 0 aromatic carbocycles. The minimum Gasteiger partial charge on any atom is -0.384 e. The highest BCUT2D eigenvalue weighted by molar-refractivity contribution is 5.48. The van der Waals surface area contributed by atoms with Gasteiger partial charge in [0.15, 0.2) is 0 Å². The van der Waals surface area contributed by atoms with Gasteiger partial charge < -0.3 is 10.6 Å². The Bertz CT molecular complexity index is 339. The van der Waals surface area contributed by atoms with Crippen LogP contribution < -0.4 is 10.6 Å². The van der Waals surface area contributed by atoms with Crippen LogP contribution in [0.2, 0.25) is 0 Å². The number of anilines is 2. The van der Waals surface area contributed by atoms with E-state index in [1.807, 2.05) is 24.4 Å². The molecule has 0 spiro atoms. The van der Waals surface area contributed by atoms with Gasteiger partial charge >= 0.3 is 0 Å². The third-order valence-corrected chi connectivity index (χ3v) is 2.90. The molecule has 86 valence electrons. The minimum atomic E-state index is 0.578. The summed E-state index contributed by atoms with van der Waals surface area (Å²) in [6, 6.07) is 3.89. The lowest BCUT2D eigenvalue weighted by molar-refractivity contribution is 0.284. The maximum absolute atomic E-state index is 5.57. The van der Waals surface area contributed by atoms with Crippen molar-refractivity contribution in [1.29, 1.82) is 0 Å². The molecule has 4 heteroatoms. The molecule has 1 aliphatic heterocycles. The van der Waals surface area contributed by atoms with Gasteiger partial charge in [0.2, 0.25) is 0 Å². The van der Waals surface area contributed by atoms with E-state index in [9.17, 15) is 0 Å². The normalized spacial score (nSPS) is 17.4. The van der Waals surface area contributed by atoms with Crippen molar-refractivity contribution in [2.75, 3.05) is 43.4 Å². The van der Waals surface area contributed by atoms with Crippen molar-refractivity contribution in [2.45, 2.75) is 0 Å². The van der Waals surface area contributed by atoms with Crippen LogP contribution in [0.4, 0.5) is 11.5 Å². The summed E-state index contributed by atoms with van der Waals surface area (Å²) in [5.41, 5.74) is 6.73. The molecule has 0 aliphatic carbocycles. The first-order valence-corrected chi connectivity index (χ1v) is 5.59. The Morgan fingerprint density at radius 1 is 1.31 bits per heavy atom. The Morgan fingerprint density at radius 2 is 2.06 bits per heavy atom. The maximum atomic E-state index is 5.57. The first kappa shape index (κ1) is 11.0. The fourth-order valence-corrected chi connectivity index (χ4v) is 1.96. The number of aromatic nitrogens is 1. The molecule has 0 saturated carbocycles. The van der Waals surface area contributed by atoms with Gasteiger partial charge in [-0.2, -0.15) is 0 Å². The topological polar surface area (TPSA) is 45.4 Å². The van der Waals surface area contributed by atoms with E-state index >= 15 is 0 Å². The van der Waals surface area contributed by atoms with E-state index in [1.165, 1.54) is 0 Å². The number of pyridine rings is 1. The van der Waals surface area contributed by atoms with Crippen molar-refractivity contribution >= 4 is 11.5 Å². The van der Waals surface area contributed by atoms with Gasteiger partial charge in [-0.25, -0.2) is 4.98 Å². The highest BCUT2D eigenvalue weighted by Gasteiger charge is 2.15. The van der Waals surface area contributed by atoms with E-state index in [-0.39, 0.29) is 0 Å². The zero-order valence-corrected chi connectivity index (χ0v) is 9.47. The number of nitrogens with two attached hydrogens (primary N) is 1. The second kappa shape index (κ2) is 4.99. The molecule has 0 amide bonds. The van der Waals surface area contributed by atoms with Gasteiger partial charge in [-0.3, -0.25) is 4.90 Å². The smallest absolute Gasteiger partial charge is 0.123 e. The van der Waals surface area contributed by atoms with Crippen LogP contribution in [-0.2, 0) is 0 Å². The molecule has 0 unspecified atom stereocenters. The molecule has 1 fully saturated rings. The molecule has 1 saturated heterocycles. The van der Waals surface area contributed by atoms with Gasteiger partial charge in [-0.15, -0.1) is 6.58 Å². The van der Waals surface area contributed by atoms with Crippen LogP contribution in [0.25, 0.3) is 0 Å². The zero-order chi connectivity index (χ0) is 11.4. The third-order valence-electron chi connectivity index (χ3n) is 2.90. The molecule has 0 radical (unpaired) electrons. The molecule has 4 nitrogen and oxygen atoms in total. The van der Waals surface area contributed by atoms with Crippen LogP contribution in [0.3, 0.4) is 0 Å². The van der Waals surface area contributed by atoms with Crippen LogP contribution in [0.5, 0.6) is 0 Å². The quantitative estimate of drug-likeness (QED) is 0.768. The largest absolute Gasteiger partial charge is 0.384 e. The molecular weight excluding hydrogens is 200 g/mol. The number of nitrogens with zero attached hydrogens (tertiary/aromatic N) is 3. The lowest BCUT2D eigenvalue weighted by atomic mass is 10.2. The molecule has 2 rings (SSSR count). The number of piperazine rings is 1. The number of hydrogen-bond donors (Lipinski definition) is 1.